The van der Waals surface area contributed by atoms with E-state index in [0.717, 1.165) is 42.6 Å². The Morgan fingerprint density at radius 3 is 2.50 bits per heavy atom. The van der Waals surface area contributed by atoms with Gasteiger partial charge in [0.25, 0.3) is 5.56 Å². The highest BCUT2D eigenvalue weighted by Gasteiger charge is 2.11. The largest absolute Gasteiger partial charge is 0.292 e. The maximum atomic E-state index is 13.0. The fraction of sp³-hybridized carbons (Fsp3) is 0.333. The summed E-state index contributed by atoms with van der Waals surface area (Å²) in [4.78, 5) is 17.8. The Kier molecular flexibility index (Phi) is 5.09. The molecule has 0 amide bonds. The lowest BCUT2D eigenvalue weighted by atomic mass is 10.1. The molecule has 0 aliphatic carbocycles. The maximum Gasteiger partial charge on any atom is 0.261 e. The third-order valence-electron chi connectivity index (χ3n) is 4.41. The van der Waals surface area contributed by atoms with Gasteiger partial charge >= 0.3 is 0 Å². The number of nitrogens with zero attached hydrogens (tertiary/aromatic N) is 2. The lowest BCUT2D eigenvalue weighted by Gasteiger charge is -2.14. The van der Waals surface area contributed by atoms with E-state index in [4.69, 9.17) is 4.98 Å². The number of hydrogen-bond acceptors (Lipinski definition) is 2. The van der Waals surface area contributed by atoms with Crippen LogP contribution in [0.25, 0.3) is 10.9 Å². The van der Waals surface area contributed by atoms with Crippen molar-refractivity contribution in [1.82, 2.24) is 9.55 Å². The Labute approximate surface area is 143 Å². The SMILES string of the molecule is CCCCCc1nc2ccccc2c(=O)n1Cc1ccc(C)cc1. The molecule has 0 aliphatic rings. The van der Waals surface area contributed by atoms with Crippen LogP contribution in [0.4, 0.5) is 0 Å². The summed E-state index contributed by atoms with van der Waals surface area (Å²) in [6, 6.07) is 16.0. The molecule has 2 aromatic carbocycles. The topological polar surface area (TPSA) is 34.9 Å². The van der Waals surface area contributed by atoms with Crippen LogP contribution in [0.3, 0.4) is 0 Å². The first kappa shape index (κ1) is 16.4. The number of fused-ring (bicyclic) bond motifs is 1. The smallest absolute Gasteiger partial charge is 0.261 e. The molecular weight excluding hydrogens is 296 g/mol. The van der Waals surface area contributed by atoms with Crippen molar-refractivity contribution in [3.8, 4) is 0 Å². The van der Waals surface area contributed by atoms with E-state index < -0.39 is 0 Å². The molecule has 0 fully saturated rings. The third kappa shape index (κ3) is 3.56. The summed E-state index contributed by atoms with van der Waals surface area (Å²) < 4.78 is 1.85. The summed E-state index contributed by atoms with van der Waals surface area (Å²) in [6.45, 7) is 4.84. The Hall–Kier alpha value is -2.42. The van der Waals surface area contributed by atoms with Gasteiger partial charge in [0.1, 0.15) is 5.82 Å². The Balaban J connectivity index is 2.04. The minimum atomic E-state index is 0.0627. The molecule has 0 saturated heterocycles. The molecule has 0 N–H and O–H groups in total. The van der Waals surface area contributed by atoms with Crippen LogP contribution < -0.4 is 5.56 Å². The second-order valence-corrected chi connectivity index (χ2v) is 6.38. The Morgan fingerprint density at radius 2 is 1.75 bits per heavy atom. The molecular formula is C21H24N2O. The molecule has 3 aromatic rings. The van der Waals surface area contributed by atoms with Gasteiger partial charge in [-0.3, -0.25) is 9.36 Å². The molecule has 0 spiro atoms. The van der Waals surface area contributed by atoms with Crippen molar-refractivity contribution in [2.24, 2.45) is 0 Å². The standard InChI is InChI=1S/C21H24N2O/c1-3-4-5-10-20-22-19-9-7-6-8-18(19)21(24)23(20)15-17-13-11-16(2)12-14-17/h6-9,11-14H,3-5,10,15H2,1-2H3. The minimum Gasteiger partial charge on any atom is -0.292 e. The van der Waals surface area contributed by atoms with Crippen LogP contribution >= 0.6 is 0 Å². The summed E-state index contributed by atoms with van der Waals surface area (Å²) in [5.41, 5.74) is 3.23. The van der Waals surface area contributed by atoms with E-state index in [1.807, 2.05) is 28.8 Å². The van der Waals surface area contributed by atoms with Crippen molar-refractivity contribution in [1.29, 1.82) is 0 Å². The molecule has 1 aromatic heterocycles. The molecule has 124 valence electrons. The number of aromatic nitrogens is 2. The molecule has 0 radical (unpaired) electrons. The predicted molar refractivity (Wildman–Crippen MR) is 99.5 cm³/mol. The van der Waals surface area contributed by atoms with Gasteiger partial charge in [-0.15, -0.1) is 0 Å². The summed E-state index contributed by atoms with van der Waals surface area (Å²) in [6.07, 6.45) is 4.23. The molecule has 3 rings (SSSR count). The van der Waals surface area contributed by atoms with Gasteiger partial charge in [0, 0.05) is 6.42 Å². The first-order valence-electron chi connectivity index (χ1n) is 8.73. The molecule has 0 unspecified atom stereocenters. The first-order chi connectivity index (χ1) is 11.7. The Bertz CT molecular complexity index is 878. The molecule has 0 aliphatic heterocycles. The number of aryl methyl sites for hydroxylation is 2. The number of hydrogen-bond donors (Lipinski definition) is 0. The molecule has 0 saturated carbocycles. The number of rotatable bonds is 6. The van der Waals surface area contributed by atoms with Crippen LogP contribution in [0.15, 0.2) is 53.3 Å². The zero-order chi connectivity index (χ0) is 16.9. The van der Waals surface area contributed by atoms with Gasteiger partial charge in [-0.1, -0.05) is 61.7 Å². The zero-order valence-corrected chi connectivity index (χ0v) is 14.5. The monoisotopic (exact) mass is 320 g/mol. The average Bonchev–Trinajstić information content (AvgIpc) is 2.60. The number of unbranched alkanes of at least 4 members (excludes halogenated alkanes) is 2. The number of benzene rings is 2. The molecule has 1 heterocycles. The van der Waals surface area contributed by atoms with E-state index in [1.165, 1.54) is 5.56 Å². The predicted octanol–water partition coefficient (Wildman–Crippen LogP) is 4.49. The Morgan fingerprint density at radius 1 is 1.00 bits per heavy atom. The van der Waals surface area contributed by atoms with E-state index >= 15 is 0 Å². The van der Waals surface area contributed by atoms with Crippen LogP contribution in [0.1, 0.15) is 43.1 Å². The van der Waals surface area contributed by atoms with Gasteiger partial charge in [0.15, 0.2) is 0 Å². The van der Waals surface area contributed by atoms with E-state index in [-0.39, 0.29) is 5.56 Å². The van der Waals surface area contributed by atoms with Crippen molar-refractivity contribution in [3.05, 3.63) is 75.8 Å². The number of para-hydroxylation sites is 1. The maximum absolute atomic E-state index is 13.0. The quantitative estimate of drug-likeness (QED) is 0.627. The summed E-state index contributed by atoms with van der Waals surface area (Å²) in [5.74, 6) is 0.896. The second kappa shape index (κ2) is 7.43. The van der Waals surface area contributed by atoms with Crippen molar-refractivity contribution in [3.63, 3.8) is 0 Å². The molecule has 0 bridgehead atoms. The lowest BCUT2D eigenvalue weighted by Crippen LogP contribution is -2.26. The molecule has 3 heteroatoms. The highest BCUT2D eigenvalue weighted by Crippen LogP contribution is 2.13. The van der Waals surface area contributed by atoms with E-state index in [1.54, 1.807) is 0 Å². The zero-order valence-electron chi connectivity index (χ0n) is 14.5. The molecule has 0 atom stereocenters. The van der Waals surface area contributed by atoms with E-state index in [9.17, 15) is 4.79 Å². The minimum absolute atomic E-state index is 0.0627. The van der Waals surface area contributed by atoms with Crippen LogP contribution in [0.5, 0.6) is 0 Å². The second-order valence-electron chi connectivity index (χ2n) is 6.38. The molecule has 24 heavy (non-hydrogen) atoms. The van der Waals surface area contributed by atoms with Gasteiger partial charge in [-0.2, -0.15) is 0 Å². The average molecular weight is 320 g/mol. The summed E-state index contributed by atoms with van der Waals surface area (Å²) in [7, 11) is 0. The van der Waals surface area contributed by atoms with Gasteiger partial charge in [-0.25, -0.2) is 4.98 Å². The fourth-order valence-electron chi connectivity index (χ4n) is 2.98. The highest BCUT2D eigenvalue weighted by atomic mass is 16.1. The van der Waals surface area contributed by atoms with Crippen LogP contribution in [-0.4, -0.2) is 9.55 Å². The normalized spacial score (nSPS) is 11.1. The van der Waals surface area contributed by atoms with Crippen molar-refractivity contribution in [2.75, 3.05) is 0 Å². The summed E-state index contributed by atoms with van der Waals surface area (Å²) in [5, 5.41) is 0.698. The fourth-order valence-corrected chi connectivity index (χ4v) is 2.98. The highest BCUT2D eigenvalue weighted by molar-refractivity contribution is 5.77. The third-order valence-corrected chi connectivity index (χ3v) is 4.41. The van der Waals surface area contributed by atoms with Crippen molar-refractivity contribution in [2.45, 2.75) is 46.1 Å². The van der Waals surface area contributed by atoms with Gasteiger partial charge < -0.3 is 0 Å². The van der Waals surface area contributed by atoms with Crippen LogP contribution in [0.2, 0.25) is 0 Å². The first-order valence-corrected chi connectivity index (χ1v) is 8.73. The van der Waals surface area contributed by atoms with Gasteiger partial charge in [-0.05, 0) is 31.0 Å². The van der Waals surface area contributed by atoms with Crippen LogP contribution in [0, 0.1) is 6.92 Å². The van der Waals surface area contributed by atoms with Crippen molar-refractivity contribution < 1.29 is 0 Å². The lowest BCUT2D eigenvalue weighted by molar-refractivity contribution is 0.628. The van der Waals surface area contributed by atoms with E-state index in [0.29, 0.717) is 11.9 Å². The van der Waals surface area contributed by atoms with Gasteiger partial charge in [0.2, 0.25) is 0 Å². The summed E-state index contributed by atoms with van der Waals surface area (Å²) >= 11 is 0. The van der Waals surface area contributed by atoms with Gasteiger partial charge in [0.05, 0.1) is 17.4 Å². The van der Waals surface area contributed by atoms with Crippen LogP contribution in [-0.2, 0) is 13.0 Å². The van der Waals surface area contributed by atoms with E-state index in [2.05, 4.69) is 38.1 Å². The van der Waals surface area contributed by atoms with Crippen molar-refractivity contribution >= 4 is 10.9 Å². The molecule has 3 nitrogen and oxygen atoms in total.